The van der Waals surface area contributed by atoms with E-state index in [2.05, 4.69) is 29.4 Å². The highest BCUT2D eigenvalue weighted by Gasteiger charge is 1.98. The number of hydrogen-bond donors (Lipinski definition) is 4. The Hall–Kier alpha value is -2.81. The van der Waals surface area contributed by atoms with Crippen LogP contribution in [0.3, 0.4) is 0 Å². The second-order valence-electron chi connectivity index (χ2n) is 3.95. The van der Waals surface area contributed by atoms with E-state index in [1.165, 1.54) is 18.2 Å². The van der Waals surface area contributed by atoms with Crippen LogP contribution in [0.1, 0.15) is 8.22 Å². The van der Waals surface area contributed by atoms with E-state index in [-0.39, 0.29) is 23.3 Å². The van der Waals surface area contributed by atoms with Crippen LogP contribution >= 0.6 is 12.2 Å². The van der Waals surface area contributed by atoms with Crippen molar-refractivity contribution < 1.29 is 17.7 Å². The second kappa shape index (κ2) is 6.76. The lowest BCUT2D eigenvalue weighted by molar-refractivity contribution is 0.398. The molecular formula is C13H16N6O2S. The molecule has 0 amide bonds. The topological polar surface area (TPSA) is 128 Å². The van der Waals surface area contributed by atoms with Crippen LogP contribution < -0.4 is 20.9 Å². The molecule has 8 nitrogen and oxygen atoms in total. The molecule has 0 saturated heterocycles. The SMILES string of the molecule is [2H]C([2H])([2H])Oc1ccc(N)c(N)n1.[2H]C([2H])([2H])Oc1ccc2[nH]c(=S)[nH]c2n1. The molecule has 0 aromatic carbocycles. The minimum atomic E-state index is -2.52. The third-order valence-electron chi connectivity index (χ3n) is 2.49. The number of hydrogen-bond acceptors (Lipinski definition) is 7. The Kier molecular flexibility index (Phi) is 2.85. The molecule has 3 aromatic rings. The summed E-state index contributed by atoms with van der Waals surface area (Å²) in [7, 11) is -5.01. The van der Waals surface area contributed by atoms with E-state index in [9.17, 15) is 0 Å². The van der Waals surface area contributed by atoms with Gasteiger partial charge in [0.15, 0.2) is 16.2 Å². The van der Waals surface area contributed by atoms with Gasteiger partial charge in [-0.1, -0.05) is 0 Å². The Morgan fingerprint density at radius 3 is 2.41 bits per heavy atom. The van der Waals surface area contributed by atoms with Crippen molar-refractivity contribution in [2.75, 3.05) is 25.5 Å². The molecule has 9 heteroatoms. The number of aromatic amines is 2. The van der Waals surface area contributed by atoms with E-state index in [0.29, 0.717) is 15.9 Å². The van der Waals surface area contributed by atoms with Gasteiger partial charge in [-0.15, -0.1) is 0 Å². The van der Waals surface area contributed by atoms with Gasteiger partial charge in [0.25, 0.3) is 0 Å². The van der Waals surface area contributed by atoms with E-state index in [0.717, 1.165) is 0 Å². The largest absolute Gasteiger partial charge is 0.481 e. The normalized spacial score (nSPS) is 15.1. The van der Waals surface area contributed by atoms with Gasteiger partial charge in [-0.05, 0) is 24.4 Å². The van der Waals surface area contributed by atoms with Crippen molar-refractivity contribution in [1.82, 2.24) is 19.9 Å². The van der Waals surface area contributed by atoms with Crippen molar-refractivity contribution in [3.63, 3.8) is 0 Å². The number of pyridine rings is 2. The number of nitrogen functional groups attached to an aromatic ring is 2. The highest BCUT2D eigenvalue weighted by atomic mass is 32.1. The van der Waals surface area contributed by atoms with Crippen LogP contribution in [0.2, 0.25) is 0 Å². The Labute approximate surface area is 139 Å². The molecule has 3 heterocycles. The van der Waals surface area contributed by atoms with E-state index in [4.69, 9.17) is 31.9 Å². The van der Waals surface area contributed by atoms with Crippen LogP contribution in [0.25, 0.3) is 11.2 Å². The molecule has 0 bridgehead atoms. The summed E-state index contributed by atoms with van der Waals surface area (Å²) in [5.41, 5.74) is 12.2. The average Bonchev–Trinajstić information content (AvgIpc) is 2.88. The van der Waals surface area contributed by atoms with Crippen LogP contribution in [0.4, 0.5) is 11.5 Å². The minimum absolute atomic E-state index is 0.0350. The van der Waals surface area contributed by atoms with Crippen molar-refractivity contribution in [3.8, 4) is 11.8 Å². The first-order valence-corrected chi connectivity index (χ1v) is 6.22. The van der Waals surface area contributed by atoms with E-state index in [1.54, 1.807) is 6.07 Å². The Morgan fingerprint density at radius 1 is 1.05 bits per heavy atom. The molecule has 3 aromatic heterocycles. The zero-order chi connectivity index (χ0) is 21.1. The third kappa shape index (κ3) is 3.64. The van der Waals surface area contributed by atoms with Gasteiger partial charge in [0.1, 0.15) is 0 Å². The molecule has 22 heavy (non-hydrogen) atoms. The summed E-state index contributed by atoms with van der Waals surface area (Å²) >= 11 is 4.86. The molecule has 0 fully saturated rings. The summed E-state index contributed by atoms with van der Waals surface area (Å²) < 4.78 is 50.7. The standard InChI is InChI=1S/C7H7N3OS.C6H9N3O/c1-11-5-3-2-4-6(9-5)10-7(12)8-4;1-10-5-3-2-4(7)6(8)9-5/h2-3H,1H3,(H2,8,9,10,12);2-3H,7H2,1H3,(H2,8,9)/i2*1D3. The number of H-pyrrole nitrogens is 2. The smallest absolute Gasteiger partial charge is 0.215 e. The number of nitrogens with zero attached hydrogens (tertiary/aromatic N) is 2. The summed E-state index contributed by atoms with van der Waals surface area (Å²) in [6.07, 6.45) is 0. The molecular weight excluding hydrogens is 304 g/mol. The van der Waals surface area contributed by atoms with Gasteiger partial charge in [-0.25, -0.2) is 0 Å². The summed E-state index contributed by atoms with van der Waals surface area (Å²) in [6.45, 7) is 0. The molecule has 116 valence electrons. The van der Waals surface area contributed by atoms with Gasteiger partial charge in [0.2, 0.25) is 11.8 Å². The molecule has 0 aliphatic carbocycles. The Balaban J connectivity index is 0.000000203. The zero-order valence-corrected chi connectivity index (χ0v) is 11.9. The van der Waals surface area contributed by atoms with Crippen molar-refractivity contribution in [2.24, 2.45) is 0 Å². The fourth-order valence-electron chi connectivity index (χ4n) is 1.48. The van der Waals surface area contributed by atoms with E-state index >= 15 is 0 Å². The summed E-state index contributed by atoms with van der Waals surface area (Å²) in [5.74, 6) is 0.0289. The molecule has 0 aliphatic heterocycles. The number of methoxy groups -OCH3 is 2. The first-order chi connectivity index (χ1) is 12.8. The summed E-state index contributed by atoms with van der Waals surface area (Å²) in [6, 6.07) is 5.89. The predicted molar refractivity (Wildman–Crippen MR) is 87.4 cm³/mol. The maximum atomic E-state index is 6.92. The van der Waals surface area contributed by atoms with E-state index < -0.39 is 14.1 Å². The second-order valence-corrected chi connectivity index (χ2v) is 4.36. The van der Waals surface area contributed by atoms with Crippen LogP contribution in [0.15, 0.2) is 24.3 Å². The average molecular weight is 326 g/mol. The molecule has 0 saturated carbocycles. The van der Waals surface area contributed by atoms with Gasteiger partial charge in [0, 0.05) is 12.1 Å². The van der Waals surface area contributed by atoms with Gasteiger partial charge < -0.3 is 30.9 Å². The van der Waals surface area contributed by atoms with Gasteiger partial charge in [0.05, 0.1) is 33.5 Å². The van der Waals surface area contributed by atoms with Gasteiger partial charge in [-0.2, -0.15) is 9.97 Å². The number of rotatable bonds is 2. The molecule has 0 atom stereocenters. The number of aromatic nitrogens is 4. The Bertz CT molecular complexity index is 1020. The minimum Gasteiger partial charge on any atom is -0.481 e. The zero-order valence-electron chi connectivity index (χ0n) is 17.1. The van der Waals surface area contributed by atoms with Crippen molar-refractivity contribution >= 4 is 34.9 Å². The third-order valence-corrected chi connectivity index (χ3v) is 2.69. The lowest BCUT2D eigenvalue weighted by Crippen LogP contribution is -1.98. The lowest BCUT2D eigenvalue weighted by Gasteiger charge is -2.00. The van der Waals surface area contributed by atoms with Crippen molar-refractivity contribution in [3.05, 3.63) is 29.0 Å². The number of ether oxygens (including phenoxy) is 2. The highest BCUT2D eigenvalue weighted by molar-refractivity contribution is 7.71. The van der Waals surface area contributed by atoms with Crippen LogP contribution in [0.5, 0.6) is 11.8 Å². The number of nitrogens with one attached hydrogen (secondary N) is 2. The van der Waals surface area contributed by atoms with Crippen LogP contribution in [-0.2, 0) is 0 Å². The molecule has 0 spiro atoms. The highest BCUT2D eigenvalue weighted by Crippen LogP contribution is 2.15. The maximum Gasteiger partial charge on any atom is 0.215 e. The van der Waals surface area contributed by atoms with E-state index in [1.807, 2.05) is 0 Å². The molecule has 3 rings (SSSR count). The van der Waals surface area contributed by atoms with Crippen LogP contribution in [0, 0.1) is 4.77 Å². The summed E-state index contributed by atoms with van der Waals surface area (Å²) in [4.78, 5) is 13.2. The van der Waals surface area contributed by atoms with Crippen LogP contribution in [-0.4, -0.2) is 34.0 Å². The number of imidazole rings is 1. The maximum absolute atomic E-state index is 6.92. The monoisotopic (exact) mass is 326 g/mol. The quantitative estimate of drug-likeness (QED) is 0.529. The number of anilines is 2. The predicted octanol–water partition coefficient (Wildman–Crippen LogP) is 1.88. The number of fused-ring (bicyclic) bond motifs is 1. The Morgan fingerprint density at radius 2 is 1.73 bits per heavy atom. The first-order valence-electron chi connectivity index (χ1n) is 8.81. The number of nitrogens with two attached hydrogens (primary N) is 2. The molecule has 0 unspecified atom stereocenters. The van der Waals surface area contributed by atoms with Crippen molar-refractivity contribution in [2.45, 2.75) is 0 Å². The fraction of sp³-hybridized carbons (Fsp3) is 0.154. The first kappa shape index (κ1) is 9.26. The molecule has 0 aliphatic rings. The van der Waals surface area contributed by atoms with Crippen molar-refractivity contribution in [1.29, 1.82) is 0 Å². The molecule has 0 radical (unpaired) electrons. The van der Waals surface area contributed by atoms with Gasteiger partial charge in [-0.3, -0.25) is 0 Å². The van der Waals surface area contributed by atoms with Gasteiger partial charge >= 0.3 is 0 Å². The summed E-state index contributed by atoms with van der Waals surface area (Å²) in [5, 5.41) is 0. The fourth-order valence-corrected chi connectivity index (χ4v) is 1.69. The molecule has 6 N–H and O–H groups in total. The lowest BCUT2D eigenvalue weighted by atomic mass is 10.4.